The predicted octanol–water partition coefficient (Wildman–Crippen LogP) is 5.50. The molecule has 4 nitrogen and oxygen atoms in total. The third-order valence-electron chi connectivity index (χ3n) is 4.66. The molecule has 0 amide bonds. The summed E-state index contributed by atoms with van der Waals surface area (Å²) in [5.41, 5.74) is 0. The maximum Gasteiger partial charge on any atom is 0.307 e. The van der Waals surface area contributed by atoms with Gasteiger partial charge in [-0.05, 0) is 19.3 Å². The summed E-state index contributed by atoms with van der Waals surface area (Å²) in [6.07, 6.45) is 13.9. The summed E-state index contributed by atoms with van der Waals surface area (Å²) in [6, 6.07) is 0. The molecule has 25 heavy (non-hydrogen) atoms. The Morgan fingerprint density at radius 3 is 1.72 bits per heavy atom. The second kappa shape index (κ2) is 16.0. The molecule has 4 heteroatoms. The Kier molecular flexibility index (Phi) is 15.0. The third kappa shape index (κ3) is 13.5. The van der Waals surface area contributed by atoms with Crippen molar-refractivity contribution in [1.29, 1.82) is 0 Å². The molecule has 0 aliphatic heterocycles. The number of carboxylic acid groups (broad SMARTS) is 2. The van der Waals surface area contributed by atoms with Crippen molar-refractivity contribution >= 4 is 11.9 Å². The molecule has 0 rings (SSSR count). The van der Waals surface area contributed by atoms with Crippen molar-refractivity contribution in [2.45, 2.75) is 97.3 Å². The molecule has 0 saturated carbocycles. The summed E-state index contributed by atoms with van der Waals surface area (Å²) in [7, 11) is 0. The fourth-order valence-corrected chi connectivity index (χ4v) is 2.86. The largest absolute Gasteiger partial charge is 0.481 e. The topological polar surface area (TPSA) is 74.6 Å². The summed E-state index contributed by atoms with van der Waals surface area (Å²) in [5.74, 6) is 2.80. The highest BCUT2D eigenvalue weighted by molar-refractivity contribution is 5.79. The Labute approximate surface area is 153 Å². The predicted molar refractivity (Wildman–Crippen MR) is 101 cm³/mol. The van der Waals surface area contributed by atoms with Gasteiger partial charge in [-0.15, -0.1) is 11.8 Å². The molecule has 0 aliphatic rings. The number of unbranched alkanes of at least 4 members (excludes halogenated alkanes) is 10. The Morgan fingerprint density at radius 1 is 0.760 bits per heavy atom. The van der Waals surface area contributed by atoms with Gasteiger partial charge in [-0.3, -0.25) is 9.59 Å². The Balaban J connectivity index is 3.59. The van der Waals surface area contributed by atoms with Crippen molar-refractivity contribution in [2.75, 3.05) is 0 Å². The molecule has 0 unspecified atom stereocenters. The first-order valence-corrected chi connectivity index (χ1v) is 9.92. The van der Waals surface area contributed by atoms with Crippen LogP contribution < -0.4 is 0 Å². The molecule has 0 fully saturated rings. The molecule has 0 aromatic carbocycles. The summed E-state index contributed by atoms with van der Waals surface area (Å²) in [5, 5.41) is 18.1. The summed E-state index contributed by atoms with van der Waals surface area (Å²) >= 11 is 0. The Morgan fingerprint density at radius 2 is 1.24 bits per heavy atom. The van der Waals surface area contributed by atoms with Gasteiger partial charge in [-0.25, -0.2) is 0 Å². The normalized spacial score (nSPS) is 12.9. The Bertz CT molecular complexity index is 419. The van der Waals surface area contributed by atoms with Crippen LogP contribution in [-0.4, -0.2) is 22.2 Å². The number of carboxylic acids is 2. The number of hydrogen-bond donors (Lipinski definition) is 2. The van der Waals surface area contributed by atoms with Crippen LogP contribution in [0.4, 0.5) is 0 Å². The highest BCUT2D eigenvalue weighted by Crippen LogP contribution is 2.20. The minimum Gasteiger partial charge on any atom is -0.481 e. The molecule has 0 aromatic rings. The second-order valence-electron chi connectivity index (χ2n) is 6.90. The lowest BCUT2D eigenvalue weighted by atomic mass is 9.89. The van der Waals surface area contributed by atoms with Gasteiger partial charge in [0.1, 0.15) is 0 Å². The van der Waals surface area contributed by atoms with Crippen LogP contribution in [0.2, 0.25) is 0 Å². The van der Waals surface area contributed by atoms with E-state index in [2.05, 4.69) is 18.8 Å². The van der Waals surface area contributed by atoms with E-state index in [9.17, 15) is 9.59 Å². The number of aliphatic carboxylic acids is 2. The van der Waals surface area contributed by atoms with Gasteiger partial charge in [-0.1, -0.05) is 65.2 Å². The zero-order valence-corrected chi connectivity index (χ0v) is 16.1. The van der Waals surface area contributed by atoms with Crippen LogP contribution >= 0.6 is 0 Å². The zero-order chi connectivity index (χ0) is 18.9. The van der Waals surface area contributed by atoms with E-state index in [1.807, 2.05) is 0 Å². The van der Waals surface area contributed by atoms with Crippen LogP contribution in [0.25, 0.3) is 0 Å². The lowest BCUT2D eigenvalue weighted by Gasteiger charge is -2.16. The SMILES string of the molecule is CCCCCCCCC#CCCCCCC[C@H](C(=O)O)[C@H](C)C(=O)O. The van der Waals surface area contributed by atoms with Gasteiger partial charge in [-0.2, -0.15) is 0 Å². The van der Waals surface area contributed by atoms with Gasteiger partial charge in [0.25, 0.3) is 0 Å². The second-order valence-corrected chi connectivity index (χ2v) is 6.90. The maximum atomic E-state index is 11.1. The number of carbonyl (C=O) groups is 2. The van der Waals surface area contributed by atoms with E-state index in [0.29, 0.717) is 6.42 Å². The van der Waals surface area contributed by atoms with Crippen molar-refractivity contribution in [3.05, 3.63) is 0 Å². The first kappa shape index (κ1) is 23.5. The molecule has 0 radical (unpaired) electrons. The van der Waals surface area contributed by atoms with Gasteiger partial charge in [0, 0.05) is 12.8 Å². The molecule has 2 atom stereocenters. The van der Waals surface area contributed by atoms with E-state index in [1.54, 1.807) is 0 Å². The van der Waals surface area contributed by atoms with E-state index in [4.69, 9.17) is 10.2 Å². The minimum absolute atomic E-state index is 0.437. The van der Waals surface area contributed by atoms with Crippen molar-refractivity contribution in [1.82, 2.24) is 0 Å². The smallest absolute Gasteiger partial charge is 0.307 e. The highest BCUT2D eigenvalue weighted by atomic mass is 16.4. The fraction of sp³-hybridized carbons (Fsp3) is 0.810. The summed E-state index contributed by atoms with van der Waals surface area (Å²) < 4.78 is 0. The van der Waals surface area contributed by atoms with Crippen LogP contribution in [-0.2, 0) is 9.59 Å². The number of rotatable bonds is 15. The van der Waals surface area contributed by atoms with Crippen molar-refractivity contribution in [2.24, 2.45) is 11.8 Å². The first-order chi connectivity index (χ1) is 12.0. The molecule has 0 aliphatic carbocycles. The molecule has 0 heterocycles. The average Bonchev–Trinajstić information content (AvgIpc) is 2.57. The van der Waals surface area contributed by atoms with E-state index < -0.39 is 23.8 Å². The van der Waals surface area contributed by atoms with Gasteiger partial charge < -0.3 is 10.2 Å². The maximum absolute atomic E-state index is 11.1. The van der Waals surface area contributed by atoms with Crippen molar-refractivity contribution in [3.63, 3.8) is 0 Å². The minimum atomic E-state index is -1.03. The van der Waals surface area contributed by atoms with Crippen LogP contribution in [0.3, 0.4) is 0 Å². The van der Waals surface area contributed by atoms with Gasteiger partial charge in [0.15, 0.2) is 0 Å². The van der Waals surface area contributed by atoms with Crippen molar-refractivity contribution in [3.8, 4) is 11.8 Å². The molecule has 2 N–H and O–H groups in total. The third-order valence-corrected chi connectivity index (χ3v) is 4.66. The van der Waals surface area contributed by atoms with E-state index in [0.717, 1.165) is 38.5 Å². The van der Waals surface area contributed by atoms with Crippen LogP contribution in [0.1, 0.15) is 97.3 Å². The lowest BCUT2D eigenvalue weighted by Crippen LogP contribution is -2.27. The van der Waals surface area contributed by atoms with Gasteiger partial charge in [0.05, 0.1) is 11.8 Å². The molecule has 0 spiro atoms. The standard InChI is InChI=1S/C21H36O4/c1-3-4-5-6-7-8-9-10-11-12-13-14-15-16-17-19(21(24)25)18(2)20(22)23/h18-19H,3-9,12-17H2,1-2H3,(H,22,23)(H,24,25)/t18-,19-/m0/s1. The molecular weight excluding hydrogens is 316 g/mol. The highest BCUT2D eigenvalue weighted by Gasteiger charge is 2.29. The average molecular weight is 353 g/mol. The molecule has 0 saturated heterocycles. The van der Waals surface area contributed by atoms with Crippen LogP contribution in [0, 0.1) is 23.7 Å². The molecule has 0 aromatic heterocycles. The quantitative estimate of drug-likeness (QED) is 0.301. The van der Waals surface area contributed by atoms with Gasteiger partial charge in [0.2, 0.25) is 0 Å². The zero-order valence-electron chi connectivity index (χ0n) is 16.1. The Hall–Kier alpha value is -1.50. The van der Waals surface area contributed by atoms with E-state index in [1.165, 1.54) is 45.4 Å². The molecule has 144 valence electrons. The van der Waals surface area contributed by atoms with Gasteiger partial charge >= 0.3 is 11.9 Å². The summed E-state index contributed by atoms with van der Waals surface area (Å²) in [6.45, 7) is 3.70. The monoisotopic (exact) mass is 352 g/mol. The van der Waals surface area contributed by atoms with E-state index in [-0.39, 0.29) is 0 Å². The molecular formula is C21H36O4. The first-order valence-electron chi connectivity index (χ1n) is 9.92. The molecule has 0 bridgehead atoms. The summed E-state index contributed by atoms with van der Waals surface area (Å²) in [4.78, 5) is 22.0. The fourth-order valence-electron chi connectivity index (χ4n) is 2.86. The number of hydrogen-bond acceptors (Lipinski definition) is 2. The van der Waals surface area contributed by atoms with Crippen LogP contribution in [0.5, 0.6) is 0 Å². The van der Waals surface area contributed by atoms with Crippen LogP contribution in [0.15, 0.2) is 0 Å². The van der Waals surface area contributed by atoms with Crippen molar-refractivity contribution < 1.29 is 19.8 Å². The lowest BCUT2D eigenvalue weighted by molar-refractivity contribution is -0.153. The van der Waals surface area contributed by atoms with E-state index >= 15 is 0 Å².